The maximum absolute atomic E-state index is 11.6. The van der Waals surface area contributed by atoms with Gasteiger partial charge >= 0.3 is 0 Å². The van der Waals surface area contributed by atoms with E-state index in [4.69, 9.17) is 5.73 Å². The van der Waals surface area contributed by atoms with Crippen molar-refractivity contribution in [1.82, 2.24) is 9.88 Å². The minimum absolute atomic E-state index is 0. The first-order valence-corrected chi connectivity index (χ1v) is 5.02. The number of pyridine rings is 1. The molecule has 0 spiro atoms. The molecule has 1 aromatic rings. The number of carbonyl (C=O) groups excluding carboxylic acids is 1. The van der Waals surface area contributed by atoms with Crippen LogP contribution in [0.15, 0.2) is 24.5 Å². The lowest BCUT2D eigenvalue weighted by atomic mass is 10.1. The molecule has 0 aliphatic carbocycles. The molecule has 0 saturated heterocycles. The molecule has 0 fully saturated rings. The molecule has 0 saturated carbocycles. The fourth-order valence-electron chi connectivity index (χ4n) is 1.38. The summed E-state index contributed by atoms with van der Waals surface area (Å²) in [6, 6.07) is 3.89. The van der Waals surface area contributed by atoms with Crippen LogP contribution in [-0.4, -0.2) is 29.4 Å². The predicted molar refractivity (Wildman–Crippen MR) is 66.3 cm³/mol. The average molecular weight is 244 g/mol. The topological polar surface area (TPSA) is 59.2 Å². The molecule has 16 heavy (non-hydrogen) atoms. The average Bonchev–Trinajstić information content (AvgIpc) is 2.28. The van der Waals surface area contributed by atoms with E-state index >= 15 is 0 Å². The van der Waals surface area contributed by atoms with Crippen molar-refractivity contribution >= 4 is 18.3 Å². The molecule has 1 amide bonds. The zero-order chi connectivity index (χ0) is 11.3. The van der Waals surface area contributed by atoms with E-state index in [9.17, 15) is 4.79 Å². The summed E-state index contributed by atoms with van der Waals surface area (Å²) in [5.74, 6) is 0.0711. The quantitative estimate of drug-likeness (QED) is 0.869. The van der Waals surface area contributed by atoms with Crippen molar-refractivity contribution in [3.05, 3.63) is 30.1 Å². The van der Waals surface area contributed by atoms with Crippen LogP contribution >= 0.6 is 12.4 Å². The Labute approximate surface area is 102 Å². The lowest BCUT2D eigenvalue weighted by Crippen LogP contribution is -2.31. The molecule has 90 valence electrons. The first-order valence-electron chi connectivity index (χ1n) is 5.02. The molecule has 2 N–H and O–H groups in total. The SMILES string of the molecule is CC(c1ccncc1)N(C)C(=O)CCN.Cl. The van der Waals surface area contributed by atoms with Crippen molar-refractivity contribution < 1.29 is 4.79 Å². The second-order valence-corrected chi connectivity index (χ2v) is 3.50. The molecule has 0 aliphatic rings. The van der Waals surface area contributed by atoms with Gasteiger partial charge in [-0.25, -0.2) is 0 Å². The van der Waals surface area contributed by atoms with E-state index in [0.717, 1.165) is 5.56 Å². The molecule has 1 atom stereocenters. The van der Waals surface area contributed by atoms with Gasteiger partial charge in [-0.15, -0.1) is 12.4 Å². The van der Waals surface area contributed by atoms with Crippen LogP contribution in [0.4, 0.5) is 0 Å². The summed E-state index contributed by atoms with van der Waals surface area (Å²) in [6.07, 6.45) is 3.85. The fraction of sp³-hybridized carbons (Fsp3) is 0.455. The molecular weight excluding hydrogens is 226 g/mol. The van der Waals surface area contributed by atoms with Gasteiger partial charge in [0.15, 0.2) is 0 Å². The molecule has 0 radical (unpaired) electrons. The summed E-state index contributed by atoms with van der Waals surface area (Å²) in [4.78, 5) is 17.2. The van der Waals surface area contributed by atoms with Gasteiger partial charge in [-0.1, -0.05) is 0 Å². The molecule has 4 nitrogen and oxygen atoms in total. The van der Waals surface area contributed by atoms with Gasteiger partial charge in [-0.2, -0.15) is 0 Å². The number of nitrogens with two attached hydrogens (primary N) is 1. The zero-order valence-corrected chi connectivity index (χ0v) is 10.4. The summed E-state index contributed by atoms with van der Waals surface area (Å²) < 4.78 is 0. The number of amides is 1. The van der Waals surface area contributed by atoms with Crippen LogP contribution in [0.3, 0.4) is 0 Å². The first kappa shape index (κ1) is 14.9. The Kier molecular flexibility index (Phi) is 6.69. The highest BCUT2D eigenvalue weighted by Crippen LogP contribution is 2.17. The van der Waals surface area contributed by atoms with E-state index in [-0.39, 0.29) is 24.4 Å². The zero-order valence-electron chi connectivity index (χ0n) is 9.59. The summed E-state index contributed by atoms with van der Waals surface area (Å²) >= 11 is 0. The highest BCUT2D eigenvalue weighted by atomic mass is 35.5. The van der Waals surface area contributed by atoms with Crippen molar-refractivity contribution in [3.63, 3.8) is 0 Å². The lowest BCUT2D eigenvalue weighted by Gasteiger charge is -2.25. The lowest BCUT2D eigenvalue weighted by molar-refractivity contribution is -0.131. The monoisotopic (exact) mass is 243 g/mol. The van der Waals surface area contributed by atoms with Crippen LogP contribution in [0.2, 0.25) is 0 Å². The summed E-state index contributed by atoms with van der Waals surface area (Å²) in [5.41, 5.74) is 6.43. The molecule has 1 rings (SSSR count). The van der Waals surface area contributed by atoms with Crippen LogP contribution in [-0.2, 0) is 4.79 Å². The number of hydrogen-bond acceptors (Lipinski definition) is 3. The third-order valence-electron chi connectivity index (χ3n) is 2.52. The molecular formula is C11H18ClN3O. The molecule has 0 bridgehead atoms. The van der Waals surface area contributed by atoms with Gasteiger partial charge in [0.2, 0.25) is 5.91 Å². The Morgan fingerprint density at radius 2 is 2.06 bits per heavy atom. The fourth-order valence-corrected chi connectivity index (χ4v) is 1.38. The number of hydrogen-bond donors (Lipinski definition) is 1. The Morgan fingerprint density at radius 1 is 1.50 bits per heavy atom. The summed E-state index contributed by atoms with van der Waals surface area (Å²) in [5, 5.41) is 0. The van der Waals surface area contributed by atoms with Crippen LogP contribution in [0.25, 0.3) is 0 Å². The predicted octanol–water partition coefficient (Wildman–Crippen LogP) is 1.37. The molecule has 5 heteroatoms. The minimum Gasteiger partial charge on any atom is -0.339 e. The largest absolute Gasteiger partial charge is 0.339 e. The Bertz CT molecular complexity index is 318. The molecule has 1 aromatic heterocycles. The number of aromatic nitrogens is 1. The van der Waals surface area contributed by atoms with E-state index in [1.54, 1.807) is 24.3 Å². The maximum Gasteiger partial charge on any atom is 0.224 e. The van der Waals surface area contributed by atoms with E-state index in [1.165, 1.54) is 0 Å². The van der Waals surface area contributed by atoms with E-state index < -0.39 is 0 Å². The van der Waals surface area contributed by atoms with Crippen molar-refractivity contribution in [3.8, 4) is 0 Å². The molecule has 1 unspecified atom stereocenters. The second kappa shape index (κ2) is 7.19. The number of halogens is 1. The highest BCUT2D eigenvalue weighted by Gasteiger charge is 2.15. The van der Waals surface area contributed by atoms with Gasteiger partial charge in [0, 0.05) is 32.4 Å². The van der Waals surface area contributed by atoms with Gasteiger partial charge in [0.1, 0.15) is 0 Å². The van der Waals surface area contributed by atoms with Crippen molar-refractivity contribution in [2.75, 3.05) is 13.6 Å². The summed E-state index contributed by atoms with van der Waals surface area (Å²) in [7, 11) is 1.79. The molecule has 0 aromatic carbocycles. The van der Waals surface area contributed by atoms with E-state index in [1.807, 2.05) is 19.1 Å². The molecule has 0 aliphatic heterocycles. The highest BCUT2D eigenvalue weighted by molar-refractivity contribution is 5.85. The van der Waals surface area contributed by atoms with Crippen molar-refractivity contribution in [2.24, 2.45) is 5.73 Å². The smallest absolute Gasteiger partial charge is 0.224 e. The summed E-state index contributed by atoms with van der Waals surface area (Å²) in [6.45, 7) is 2.38. The second-order valence-electron chi connectivity index (χ2n) is 3.50. The van der Waals surface area contributed by atoms with Crippen molar-refractivity contribution in [1.29, 1.82) is 0 Å². The Morgan fingerprint density at radius 3 is 2.56 bits per heavy atom. The normalized spacial score (nSPS) is 11.4. The third-order valence-corrected chi connectivity index (χ3v) is 2.52. The first-order chi connectivity index (χ1) is 7.16. The Hall–Kier alpha value is -1.13. The standard InChI is InChI=1S/C11H17N3O.ClH/c1-9(10-4-7-13-8-5-10)14(2)11(15)3-6-12;/h4-5,7-9H,3,6,12H2,1-2H3;1H. The van der Waals surface area contributed by atoms with Crippen LogP contribution in [0, 0.1) is 0 Å². The number of carbonyl (C=O) groups is 1. The van der Waals surface area contributed by atoms with Crippen molar-refractivity contribution in [2.45, 2.75) is 19.4 Å². The number of nitrogens with zero attached hydrogens (tertiary/aromatic N) is 2. The molecule has 1 heterocycles. The van der Waals surface area contributed by atoms with Crippen LogP contribution in [0.5, 0.6) is 0 Å². The minimum atomic E-state index is 0. The Balaban J connectivity index is 0.00000225. The third kappa shape index (κ3) is 3.79. The maximum atomic E-state index is 11.6. The van der Waals surface area contributed by atoms with E-state index in [0.29, 0.717) is 13.0 Å². The van der Waals surface area contributed by atoms with Gasteiger partial charge in [0.25, 0.3) is 0 Å². The van der Waals surface area contributed by atoms with Crippen LogP contribution < -0.4 is 5.73 Å². The van der Waals surface area contributed by atoms with Gasteiger partial charge in [0.05, 0.1) is 6.04 Å². The van der Waals surface area contributed by atoms with Gasteiger partial charge in [-0.3, -0.25) is 9.78 Å². The van der Waals surface area contributed by atoms with Crippen LogP contribution in [0.1, 0.15) is 24.9 Å². The van der Waals surface area contributed by atoms with Gasteiger partial charge < -0.3 is 10.6 Å². The van der Waals surface area contributed by atoms with Gasteiger partial charge in [-0.05, 0) is 24.6 Å². The van der Waals surface area contributed by atoms with E-state index in [2.05, 4.69) is 4.98 Å². The number of rotatable bonds is 4.